The Balaban J connectivity index is 1.63. The van der Waals surface area contributed by atoms with Crippen LogP contribution in [0.1, 0.15) is 29.6 Å². The van der Waals surface area contributed by atoms with Gasteiger partial charge >= 0.3 is 0 Å². The minimum Gasteiger partial charge on any atom is -0.354 e. The molecule has 0 saturated carbocycles. The third kappa shape index (κ3) is 2.81. The Labute approximate surface area is 162 Å². The van der Waals surface area contributed by atoms with Crippen LogP contribution >= 0.6 is 0 Å². The molecule has 28 heavy (non-hydrogen) atoms. The molecular weight excluding hydrogens is 352 g/mol. The number of fused-ring (bicyclic) bond motifs is 3. The molecule has 2 fully saturated rings. The van der Waals surface area contributed by atoms with Gasteiger partial charge in [-0.15, -0.1) is 0 Å². The zero-order valence-electron chi connectivity index (χ0n) is 15.3. The Kier molecular flexibility index (Phi) is 4.04. The van der Waals surface area contributed by atoms with Gasteiger partial charge < -0.3 is 10.2 Å². The van der Waals surface area contributed by atoms with E-state index in [0.29, 0.717) is 18.5 Å². The van der Waals surface area contributed by atoms with E-state index in [-0.39, 0.29) is 23.9 Å². The minimum absolute atomic E-state index is 0.0158. The maximum Gasteiger partial charge on any atom is 0.255 e. The van der Waals surface area contributed by atoms with E-state index < -0.39 is 0 Å². The first-order chi connectivity index (χ1) is 13.7. The molecule has 5 rings (SSSR count). The fraction of sp³-hybridized carbons (Fsp3) is 0.273. The van der Waals surface area contributed by atoms with Crippen LogP contribution in [0.5, 0.6) is 0 Å². The second-order valence-electron chi connectivity index (χ2n) is 7.41. The maximum absolute atomic E-state index is 13.7. The highest BCUT2D eigenvalue weighted by atomic mass is 16.2. The third-order valence-electron chi connectivity index (χ3n) is 5.73. The molecule has 3 aromatic rings. The topological polar surface area (TPSA) is 75.2 Å². The van der Waals surface area contributed by atoms with E-state index in [9.17, 15) is 9.59 Å². The summed E-state index contributed by atoms with van der Waals surface area (Å²) in [6.07, 6.45) is 5.63. The van der Waals surface area contributed by atoms with E-state index in [1.165, 1.54) is 0 Å². The number of para-hydroxylation sites is 1. The fourth-order valence-corrected chi connectivity index (χ4v) is 4.37. The first-order valence-electron chi connectivity index (χ1n) is 9.60. The molecule has 6 heteroatoms. The van der Waals surface area contributed by atoms with Crippen molar-refractivity contribution in [2.75, 3.05) is 6.54 Å². The van der Waals surface area contributed by atoms with E-state index in [2.05, 4.69) is 10.3 Å². The van der Waals surface area contributed by atoms with Crippen molar-refractivity contribution in [1.82, 2.24) is 20.2 Å². The predicted octanol–water partition coefficient (Wildman–Crippen LogP) is 2.79. The molecule has 2 aromatic heterocycles. The maximum atomic E-state index is 13.7. The lowest BCUT2D eigenvalue weighted by Gasteiger charge is -2.28. The molecule has 1 N–H and O–H groups in total. The molecule has 6 nitrogen and oxygen atoms in total. The highest BCUT2D eigenvalue weighted by molar-refractivity contribution is 6.07. The van der Waals surface area contributed by atoms with Gasteiger partial charge in [-0.05, 0) is 37.1 Å². The van der Waals surface area contributed by atoms with Crippen LogP contribution in [0, 0.1) is 0 Å². The number of carbonyl (C=O) groups is 2. The highest BCUT2D eigenvalue weighted by Gasteiger charge is 2.41. The molecule has 140 valence electrons. The van der Waals surface area contributed by atoms with Crippen LogP contribution in [0.2, 0.25) is 0 Å². The number of hydrogen-bond acceptors (Lipinski definition) is 4. The number of amides is 2. The van der Waals surface area contributed by atoms with Crippen molar-refractivity contribution in [3.63, 3.8) is 0 Å². The van der Waals surface area contributed by atoms with E-state index in [0.717, 1.165) is 35.0 Å². The van der Waals surface area contributed by atoms with Gasteiger partial charge in [-0.3, -0.25) is 14.6 Å². The van der Waals surface area contributed by atoms with Crippen LogP contribution in [0.15, 0.2) is 54.9 Å². The van der Waals surface area contributed by atoms with Crippen LogP contribution in [0.4, 0.5) is 0 Å². The van der Waals surface area contributed by atoms with Gasteiger partial charge in [0, 0.05) is 48.4 Å². The summed E-state index contributed by atoms with van der Waals surface area (Å²) < 4.78 is 0. The summed E-state index contributed by atoms with van der Waals surface area (Å²) in [6, 6.07) is 13.4. The molecule has 0 unspecified atom stereocenters. The van der Waals surface area contributed by atoms with Gasteiger partial charge in [0.15, 0.2) is 0 Å². The second kappa shape index (κ2) is 6.71. The Morgan fingerprint density at radius 1 is 1.07 bits per heavy atom. The van der Waals surface area contributed by atoms with E-state index >= 15 is 0 Å². The van der Waals surface area contributed by atoms with Gasteiger partial charge in [0.2, 0.25) is 5.91 Å². The number of nitrogens with one attached hydrogen (secondary N) is 1. The average molecular weight is 372 g/mol. The largest absolute Gasteiger partial charge is 0.354 e. The van der Waals surface area contributed by atoms with Gasteiger partial charge in [-0.2, -0.15) is 0 Å². The van der Waals surface area contributed by atoms with Crippen molar-refractivity contribution in [2.24, 2.45) is 0 Å². The molecule has 2 atom stereocenters. The molecule has 0 spiro atoms. The Morgan fingerprint density at radius 2 is 1.86 bits per heavy atom. The molecule has 2 saturated heterocycles. The Morgan fingerprint density at radius 3 is 2.71 bits per heavy atom. The second-order valence-corrected chi connectivity index (χ2v) is 7.41. The molecule has 2 amide bonds. The predicted molar refractivity (Wildman–Crippen MR) is 106 cm³/mol. The Bertz CT molecular complexity index is 1070. The van der Waals surface area contributed by atoms with Crippen LogP contribution in [-0.4, -0.2) is 45.3 Å². The lowest BCUT2D eigenvalue weighted by atomic mass is 10.0. The number of benzene rings is 1. The Hall–Kier alpha value is -3.28. The van der Waals surface area contributed by atoms with E-state index in [1.807, 2.05) is 47.4 Å². The number of rotatable bonds is 2. The quantitative estimate of drug-likeness (QED) is 0.751. The summed E-state index contributed by atoms with van der Waals surface area (Å²) in [5.74, 6) is 0.0139. The van der Waals surface area contributed by atoms with Crippen LogP contribution in [0.3, 0.4) is 0 Å². The van der Waals surface area contributed by atoms with Crippen LogP contribution < -0.4 is 5.32 Å². The molecule has 2 bridgehead atoms. The average Bonchev–Trinajstić information content (AvgIpc) is 3.05. The van der Waals surface area contributed by atoms with Gasteiger partial charge in [-0.1, -0.05) is 18.2 Å². The summed E-state index contributed by atoms with van der Waals surface area (Å²) in [6.45, 7) is 0.529. The van der Waals surface area contributed by atoms with Crippen molar-refractivity contribution < 1.29 is 9.59 Å². The molecule has 0 radical (unpaired) electrons. The number of aromatic nitrogens is 2. The minimum atomic E-state index is -0.0312. The monoisotopic (exact) mass is 372 g/mol. The van der Waals surface area contributed by atoms with Crippen molar-refractivity contribution in [3.8, 4) is 11.3 Å². The summed E-state index contributed by atoms with van der Waals surface area (Å²) in [7, 11) is 0. The van der Waals surface area contributed by atoms with E-state index in [4.69, 9.17) is 4.98 Å². The van der Waals surface area contributed by atoms with Crippen LogP contribution in [0.25, 0.3) is 22.2 Å². The first kappa shape index (κ1) is 16.9. The number of carbonyl (C=O) groups excluding carboxylic acids is 2. The number of pyridine rings is 2. The standard InChI is InChI=1S/C22H20N4O2/c27-21-11-15-5-6-16(13-24-21)26(15)22(28)18-12-20(14-7-9-23-10-8-14)25-19-4-2-1-3-17(18)19/h1-4,7-10,12,15-16H,5-6,11,13H2,(H,24,27)/t15-,16+/m0/s1. The van der Waals surface area contributed by atoms with Gasteiger partial charge in [0.05, 0.1) is 16.8 Å². The fourth-order valence-electron chi connectivity index (χ4n) is 4.37. The molecule has 1 aromatic carbocycles. The van der Waals surface area contributed by atoms with Gasteiger partial charge in [0.1, 0.15) is 0 Å². The van der Waals surface area contributed by atoms with Gasteiger partial charge in [0.25, 0.3) is 5.91 Å². The van der Waals surface area contributed by atoms with Crippen molar-refractivity contribution in [3.05, 3.63) is 60.4 Å². The van der Waals surface area contributed by atoms with Crippen molar-refractivity contribution in [2.45, 2.75) is 31.3 Å². The molecular formula is C22H20N4O2. The summed E-state index contributed by atoms with van der Waals surface area (Å²) in [4.78, 5) is 36.4. The first-order valence-corrected chi connectivity index (χ1v) is 9.60. The summed E-state index contributed by atoms with van der Waals surface area (Å²) in [5, 5.41) is 3.78. The normalized spacial score (nSPS) is 21.4. The van der Waals surface area contributed by atoms with Gasteiger partial charge in [-0.25, -0.2) is 4.98 Å². The lowest BCUT2D eigenvalue weighted by molar-refractivity contribution is -0.121. The number of hydrogen-bond donors (Lipinski definition) is 1. The molecule has 2 aliphatic heterocycles. The zero-order valence-corrected chi connectivity index (χ0v) is 15.3. The third-order valence-corrected chi connectivity index (χ3v) is 5.73. The highest BCUT2D eigenvalue weighted by Crippen LogP contribution is 2.32. The summed E-state index contributed by atoms with van der Waals surface area (Å²) in [5.41, 5.74) is 3.10. The summed E-state index contributed by atoms with van der Waals surface area (Å²) >= 11 is 0. The number of nitrogens with zero attached hydrogens (tertiary/aromatic N) is 3. The molecule has 2 aliphatic rings. The SMILES string of the molecule is O=C1C[C@@H]2CC[C@H](CN1)N2C(=O)c1cc(-c2ccncc2)nc2ccccc12. The van der Waals surface area contributed by atoms with E-state index in [1.54, 1.807) is 12.4 Å². The molecule has 0 aliphatic carbocycles. The zero-order chi connectivity index (χ0) is 19.1. The van der Waals surface area contributed by atoms with Crippen LogP contribution in [-0.2, 0) is 4.79 Å². The van der Waals surface area contributed by atoms with Crippen molar-refractivity contribution >= 4 is 22.7 Å². The molecule has 4 heterocycles. The lowest BCUT2D eigenvalue weighted by Crippen LogP contribution is -2.42. The van der Waals surface area contributed by atoms with Crippen molar-refractivity contribution in [1.29, 1.82) is 0 Å². The smallest absolute Gasteiger partial charge is 0.255 e.